The molecule has 0 bridgehead atoms. The van der Waals surface area contributed by atoms with Gasteiger partial charge >= 0.3 is 12.0 Å². The number of hydrogen-bond donors (Lipinski definition) is 4. The Morgan fingerprint density at radius 1 is 1.20 bits per heavy atom. The Balaban J connectivity index is 1.62. The second-order valence-corrected chi connectivity index (χ2v) is 6.97. The fourth-order valence-corrected chi connectivity index (χ4v) is 3.02. The van der Waals surface area contributed by atoms with Crippen molar-refractivity contribution in [1.29, 1.82) is 0 Å². The van der Waals surface area contributed by atoms with E-state index in [0.29, 0.717) is 35.8 Å². The van der Waals surface area contributed by atoms with Crippen LogP contribution in [0.4, 0.5) is 10.5 Å². The minimum absolute atomic E-state index is 0.237. The van der Waals surface area contributed by atoms with Crippen molar-refractivity contribution in [3.05, 3.63) is 58.9 Å². The number of carboxylic acids is 1. The van der Waals surface area contributed by atoms with Crippen molar-refractivity contribution in [2.75, 3.05) is 25.0 Å². The van der Waals surface area contributed by atoms with Crippen LogP contribution in [0.25, 0.3) is 5.57 Å². The summed E-state index contributed by atoms with van der Waals surface area (Å²) in [6.45, 7) is 0.268. The number of benzene rings is 1. The number of nitrogens with zero attached hydrogens (tertiary/aromatic N) is 2. The molecule has 0 unspecified atom stereocenters. The molecule has 2 heterocycles. The Morgan fingerprint density at radius 2 is 1.93 bits per heavy atom. The van der Waals surface area contributed by atoms with Gasteiger partial charge in [-0.25, -0.2) is 9.78 Å². The fourth-order valence-electron chi connectivity index (χ4n) is 2.89. The quantitative estimate of drug-likeness (QED) is 0.576. The first kappa shape index (κ1) is 21.1. The second kappa shape index (κ2) is 9.27. The summed E-state index contributed by atoms with van der Waals surface area (Å²) in [5.41, 5.74) is 1.90. The summed E-state index contributed by atoms with van der Waals surface area (Å²) < 4.78 is 0. The molecule has 30 heavy (non-hydrogen) atoms. The van der Waals surface area contributed by atoms with Crippen LogP contribution in [0.2, 0.25) is 5.02 Å². The molecule has 1 aromatic heterocycles. The van der Waals surface area contributed by atoms with Gasteiger partial charge in [0.05, 0.1) is 0 Å². The molecule has 0 fully saturated rings. The smallest absolute Gasteiger partial charge is 0.322 e. The Kier molecular flexibility index (Phi) is 6.53. The monoisotopic (exact) mass is 430 g/mol. The molecule has 0 saturated heterocycles. The highest BCUT2D eigenvalue weighted by atomic mass is 35.5. The number of rotatable bonds is 5. The van der Waals surface area contributed by atoms with Crippen LogP contribution in [0, 0.1) is 0 Å². The number of urea groups is 1. The van der Waals surface area contributed by atoms with Crippen LogP contribution in [0.5, 0.6) is 5.75 Å². The van der Waals surface area contributed by atoms with Gasteiger partial charge in [0.25, 0.3) is 5.91 Å². The largest absolute Gasteiger partial charge is 0.505 e. The molecule has 0 radical (unpaired) electrons. The van der Waals surface area contributed by atoms with E-state index in [-0.39, 0.29) is 17.5 Å². The van der Waals surface area contributed by atoms with E-state index in [1.165, 1.54) is 12.3 Å². The Morgan fingerprint density at radius 3 is 2.53 bits per heavy atom. The number of nitrogens with one attached hydrogen (secondary N) is 2. The number of halogens is 1. The topological polar surface area (TPSA) is 132 Å². The minimum atomic E-state index is -1.20. The fraction of sp³-hybridized carbons (Fsp3) is 0.200. The number of aromatic hydroxyl groups is 1. The van der Waals surface area contributed by atoms with Gasteiger partial charge in [0, 0.05) is 30.0 Å². The predicted molar refractivity (Wildman–Crippen MR) is 111 cm³/mol. The van der Waals surface area contributed by atoms with Crippen molar-refractivity contribution in [3.63, 3.8) is 0 Å². The Hall–Kier alpha value is -3.59. The third kappa shape index (κ3) is 5.26. The molecule has 1 aliphatic rings. The number of aliphatic carboxylic acids is 1. The van der Waals surface area contributed by atoms with Crippen LogP contribution in [-0.4, -0.2) is 57.6 Å². The first-order chi connectivity index (χ1) is 14.3. The maximum atomic E-state index is 12.4. The SMILES string of the molecule is O=C(O)CNC(=O)c1ncc(C2=CCN(C(=O)Nc3ccc(Cl)cc3)CC2)cc1O. The lowest BCUT2D eigenvalue weighted by Gasteiger charge is -2.27. The number of anilines is 1. The van der Waals surface area contributed by atoms with E-state index >= 15 is 0 Å². The number of carbonyl (C=O) groups excluding carboxylic acids is 2. The predicted octanol–water partition coefficient (Wildman–Crippen LogP) is 2.58. The number of amides is 3. The maximum absolute atomic E-state index is 12.4. The van der Waals surface area contributed by atoms with Gasteiger partial charge in [0.15, 0.2) is 5.69 Å². The highest BCUT2D eigenvalue weighted by Gasteiger charge is 2.20. The van der Waals surface area contributed by atoms with Crippen LogP contribution in [-0.2, 0) is 4.79 Å². The van der Waals surface area contributed by atoms with Crippen LogP contribution in [0.3, 0.4) is 0 Å². The third-order valence-corrected chi connectivity index (χ3v) is 4.70. The second-order valence-electron chi connectivity index (χ2n) is 6.53. The average molecular weight is 431 g/mol. The molecule has 9 nitrogen and oxygen atoms in total. The van der Waals surface area contributed by atoms with Gasteiger partial charge in [0.1, 0.15) is 12.3 Å². The zero-order chi connectivity index (χ0) is 21.7. The van der Waals surface area contributed by atoms with Crippen molar-refractivity contribution in [3.8, 4) is 5.75 Å². The van der Waals surface area contributed by atoms with Crippen molar-refractivity contribution in [1.82, 2.24) is 15.2 Å². The number of carbonyl (C=O) groups is 3. The Bertz CT molecular complexity index is 1010. The number of aromatic nitrogens is 1. The van der Waals surface area contributed by atoms with Crippen molar-refractivity contribution >= 4 is 40.8 Å². The molecular weight excluding hydrogens is 412 g/mol. The summed E-state index contributed by atoms with van der Waals surface area (Å²) in [6, 6.07) is 7.98. The summed E-state index contributed by atoms with van der Waals surface area (Å²) in [6.07, 6.45) is 3.83. The lowest BCUT2D eigenvalue weighted by molar-refractivity contribution is -0.135. The summed E-state index contributed by atoms with van der Waals surface area (Å²) in [5, 5.41) is 24.2. The number of hydrogen-bond acceptors (Lipinski definition) is 5. The standard InChI is InChI=1S/C20H19ClN4O5/c21-14-1-3-15(4-2-14)24-20(30)25-7-5-12(6-8-25)13-9-16(26)18(22-10-13)19(29)23-11-17(27)28/h1-5,9-10,26H,6-8,11H2,(H,23,29)(H,24,30)(H,27,28). The molecule has 0 aliphatic carbocycles. The molecule has 0 saturated carbocycles. The van der Waals surface area contributed by atoms with Crippen molar-refractivity contribution in [2.24, 2.45) is 0 Å². The normalized spacial score (nSPS) is 13.4. The third-order valence-electron chi connectivity index (χ3n) is 4.45. The van der Waals surface area contributed by atoms with E-state index in [9.17, 15) is 19.5 Å². The van der Waals surface area contributed by atoms with Gasteiger partial charge < -0.3 is 25.7 Å². The van der Waals surface area contributed by atoms with E-state index in [1.54, 1.807) is 29.2 Å². The zero-order valence-corrected chi connectivity index (χ0v) is 16.5. The Labute approximate surface area is 177 Å². The molecule has 0 spiro atoms. The molecule has 2 aromatic rings. The van der Waals surface area contributed by atoms with Crippen molar-refractivity contribution < 1.29 is 24.6 Å². The molecule has 3 rings (SSSR count). The van der Waals surface area contributed by atoms with Crippen LogP contribution in [0.15, 0.2) is 42.6 Å². The first-order valence-electron chi connectivity index (χ1n) is 9.03. The lowest BCUT2D eigenvalue weighted by Crippen LogP contribution is -2.37. The highest BCUT2D eigenvalue weighted by Crippen LogP contribution is 2.26. The van der Waals surface area contributed by atoms with Gasteiger partial charge in [0.2, 0.25) is 0 Å². The molecule has 0 atom stereocenters. The molecule has 156 valence electrons. The summed E-state index contributed by atoms with van der Waals surface area (Å²) in [4.78, 5) is 40.4. The van der Waals surface area contributed by atoms with Gasteiger partial charge in [-0.3, -0.25) is 9.59 Å². The maximum Gasteiger partial charge on any atom is 0.322 e. The van der Waals surface area contributed by atoms with Crippen LogP contribution < -0.4 is 10.6 Å². The highest BCUT2D eigenvalue weighted by molar-refractivity contribution is 6.30. The molecule has 3 amide bonds. The van der Waals surface area contributed by atoms with Gasteiger partial charge in [-0.1, -0.05) is 17.7 Å². The molecule has 4 N–H and O–H groups in total. The van der Waals surface area contributed by atoms with E-state index in [4.69, 9.17) is 16.7 Å². The van der Waals surface area contributed by atoms with E-state index in [1.807, 2.05) is 6.08 Å². The van der Waals surface area contributed by atoms with E-state index in [0.717, 1.165) is 5.57 Å². The zero-order valence-electron chi connectivity index (χ0n) is 15.8. The van der Waals surface area contributed by atoms with Gasteiger partial charge in [-0.05, 0) is 47.9 Å². The summed E-state index contributed by atoms with van der Waals surface area (Å²) >= 11 is 5.84. The number of carboxylic acid groups (broad SMARTS) is 1. The van der Waals surface area contributed by atoms with E-state index < -0.39 is 18.4 Å². The molecule has 1 aromatic carbocycles. The molecule has 10 heteroatoms. The summed E-state index contributed by atoms with van der Waals surface area (Å²) in [5.74, 6) is -2.32. The van der Waals surface area contributed by atoms with Gasteiger partial charge in [-0.2, -0.15) is 0 Å². The van der Waals surface area contributed by atoms with Crippen LogP contribution >= 0.6 is 11.6 Å². The van der Waals surface area contributed by atoms with Crippen LogP contribution in [0.1, 0.15) is 22.5 Å². The molecular formula is C20H19ClN4O5. The summed E-state index contributed by atoms with van der Waals surface area (Å²) in [7, 11) is 0. The molecule has 1 aliphatic heterocycles. The lowest BCUT2D eigenvalue weighted by atomic mass is 10.0. The first-order valence-corrected chi connectivity index (χ1v) is 9.41. The number of pyridine rings is 1. The van der Waals surface area contributed by atoms with Crippen molar-refractivity contribution in [2.45, 2.75) is 6.42 Å². The minimum Gasteiger partial charge on any atom is -0.505 e. The van der Waals surface area contributed by atoms with Gasteiger partial charge in [-0.15, -0.1) is 0 Å². The van der Waals surface area contributed by atoms with E-state index in [2.05, 4.69) is 15.6 Å². The average Bonchev–Trinajstić information content (AvgIpc) is 2.73.